The minimum atomic E-state index is -0.606. The highest BCUT2D eigenvalue weighted by atomic mass is 16.2. The summed E-state index contributed by atoms with van der Waals surface area (Å²) in [5.41, 5.74) is 3.67. The van der Waals surface area contributed by atoms with Gasteiger partial charge in [-0.1, -0.05) is 62.4 Å². The van der Waals surface area contributed by atoms with Gasteiger partial charge in [-0.3, -0.25) is 14.2 Å². The maximum Gasteiger partial charge on any atom is 0.243 e. The number of rotatable bonds is 8. The molecule has 0 spiro atoms. The molecule has 2 N–H and O–H groups in total. The Morgan fingerprint density at radius 1 is 0.909 bits per heavy atom. The summed E-state index contributed by atoms with van der Waals surface area (Å²) >= 11 is 0. The summed E-state index contributed by atoms with van der Waals surface area (Å²) in [7, 11) is 0. The molecule has 7 heteroatoms. The maximum absolute atomic E-state index is 12.8. The third-order valence-corrected chi connectivity index (χ3v) is 5.45. The molecular weight excluding hydrogens is 414 g/mol. The molecule has 0 aliphatic rings. The molecule has 2 amide bonds. The summed E-state index contributed by atoms with van der Waals surface area (Å²) < 4.78 is 1.93. The van der Waals surface area contributed by atoms with E-state index < -0.39 is 6.04 Å². The number of imidazole rings is 1. The average molecular weight is 442 g/mol. The quantitative estimate of drug-likeness (QED) is 0.439. The Morgan fingerprint density at radius 2 is 1.67 bits per heavy atom. The van der Waals surface area contributed by atoms with Crippen LogP contribution in [0.15, 0.2) is 79.3 Å². The molecule has 168 valence electrons. The Bertz CT molecular complexity index is 1230. The Hall–Kier alpha value is -4.00. The first-order chi connectivity index (χ1) is 16.0. The number of amides is 2. The van der Waals surface area contributed by atoms with Crippen LogP contribution >= 0.6 is 0 Å². The largest absolute Gasteiger partial charge is 0.350 e. The summed E-state index contributed by atoms with van der Waals surface area (Å²) in [5, 5.41) is 5.79. The molecular formula is C26H27N5O2. The summed E-state index contributed by atoms with van der Waals surface area (Å²) in [6.45, 7) is 4.16. The lowest BCUT2D eigenvalue weighted by molar-refractivity contribution is -0.129. The van der Waals surface area contributed by atoms with Gasteiger partial charge in [0.15, 0.2) is 0 Å². The van der Waals surface area contributed by atoms with Crippen LogP contribution < -0.4 is 10.6 Å². The van der Waals surface area contributed by atoms with Crippen LogP contribution in [0.25, 0.3) is 16.9 Å². The smallest absolute Gasteiger partial charge is 0.243 e. The molecule has 1 atom stereocenters. The lowest BCUT2D eigenvalue weighted by Gasteiger charge is -2.22. The Labute approximate surface area is 192 Å². The van der Waals surface area contributed by atoms with E-state index in [0.29, 0.717) is 6.54 Å². The topological polar surface area (TPSA) is 88.9 Å². The van der Waals surface area contributed by atoms with E-state index >= 15 is 0 Å². The number of hydrogen-bond acceptors (Lipinski definition) is 4. The van der Waals surface area contributed by atoms with Crippen molar-refractivity contribution in [3.05, 3.63) is 90.4 Å². The fourth-order valence-corrected chi connectivity index (χ4v) is 3.65. The average Bonchev–Trinajstić information content (AvgIpc) is 3.26. The number of hydrogen-bond donors (Lipinski definition) is 2. The van der Waals surface area contributed by atoms with E-state index in [1.807, 2.05) is 85.1 Å². The second kappa shape index (κ2) is 10.1. The minimum Gasteiger partial charge on any atom is -0.350 e. The number of aromatic nitrogens is 3. The lowest BCUT2D eigenvalue weighted by atomic mass is 10.0. The van der Waals surface area contributed by atoms with Crippen molar-refractivity contribution >= 4 is 22.8 Å². The first-order valence-corrected chi connectivity index (χ1v) is 11.0. The van der Waals surface area contributed by atoms with Crippen molar-refractivity contribution in [2.45, 2.75) is 32.9 Å². The van der Waals surface area contributed by atoms with Gasteiger partial charge in [-0.15, -0.1) is 0 Å². The van der Waals surface area contributed by atoms with Gasteiger partial charge >= 0.3 is 0 Å². The number of pyridine rings is 1. The first kappa shape index (κ1) is 22.2. The molecule has 33 heavy (non-hydrogen) atoms. The molecule has 0 saturated carbocycles. The van der Waals surface area contributed by atoms with E-state index in [0.717, 1.165) is 28.0 Å². The van der Waals surface area contributed by atoms with Gasteiger partial charge in [0.25, 0.3) is 0 Å². The molecule has 2 aromatic heterocycles. The van der Waals surface area contributed by atoms with Crippen LogP contribution in [-0.4, -0.2) is 32.4 Å². The zero-order valence-electron chi connectivity index (χ0n) is 18.7. The monoisotopic (exact) mass is 441 g/mol. The number of fused-ring (bicyclic) bond motifs is 1. The number of nitrogens with zero attached hydrogens (tertiary/aromatic N) is 3. The van der Waals surface area contributed by atoms with Gasteiger partial charge in [0, 0.05) is 12.7 Å². The van der Waals surface area contributed by atoms with Gasteiger partial charge in [0.2, 0.25) is 11.8 Å². The molecule has 0 saturated heterocycles. The summed E-state index contributed by atoms with van der Waals surface area (Å²) in [4.78, 5) is 34.1. The molecule has 4 aromatic rings. The van der Waals surface area contributed by atoms with Crippen molar-refractivity contribution in [3.63, 3.8) is 0 Å². The van der Waals surface area contributed by atoms with Crippen LogP contribution in [-0.2, 0) is 22.6 Å². The summed E-state index contributed by atoms with van der Waals surface area (Å²) in [5.74, 6) is 0.330. The van der Waals surface area contributed by atoms with Crippen LogP contribution in [0.2, 0.25) is 0 Å². The Morgan fingerprint density at radius 3 is 2.39 bits per heavy atom. The van der Waals surface area contributed by atoms with E-state index in [1.54, 1.807) is 12.5 Å². The van der Waals surface area contributed by atoms with Crippen molar-refractivity contribution in [1.82, 2.24) is 25.2 Å². The van der Waals surface area contributed by atoms with Gasteiger partial charge in [0.1, 0.15) is 18.2 Å². The number of carbonyl (C=O) groups excluding carboxylic acids is 2. The fourth-order valence-electron chi connectivity index (χ4n) is 3.65. The number of carbonyl (C=O) groups is 2. The van der Waals surface area contributed by atoms with Crippen molar-refractivity contribution in [2.75, 3.05) is 0 Å². The van der Waals surface area contributed by atoms with E-state index in [1.165, 1.54) is 0 Å². The molecule has 1 unspecified atom stereocenters. The van der Waals surface area contributed by atoms with Crippen molar-refractivity contribution in [1.29, 1.82) is 0 Å². The zero-order valence-corrected chi connectivity index (χ0v) is 18.7. The zero-order chi connectivity index (χ0) is 23.2. The van der Waals surface area contributed by atoms with Gasteiger partial charge in [-0.25, -0.2) is 9.97 Å². The molecule has 0 radical (unpaired) electrons. The standard InChI is InChI=1S/C26H27N5O2/c1-18(2)25(30-24(32)14-19-8-4-3-5-9-19)26(33)28-16-20-12-13-23(27-15-20)31-17-29-21-10-6-7-11-22(21)31/h3-13,15,17-18,25H,14,16H2,1-2H3,(H,28,33)(H,30,32). The minimum absolute atomic E-state index is 0.0419. The maximum atomic E-state index is 12.8. The summed E-state index contributed by atoms with van der Waals surface area (Å²) in [6.07, 6.45) is 3.73. The molecule has 0 bridgehead atoms. The van der Waals surface area contributed by atoms with E-state index in [-0.39, 0.29) is 24.2 Å². The third kappa shape index (κ3) is 5.44. The van der Waals surface area contributed by atoms with Crippen LogP contribution in [0.5, 0.6) is 0 Å². The van der Waals surface area contributed by atoms with E-state index in [9.17, 15) is 9.59 Å². The number of nitrogens with one attached hydrogen (secondary N) is 2. The molecule has 0 aliphatic carbocycles. The van der Waals surface area contributed by atoms with Gasteiger partial charge < -0.3 is 10.6 Å². The van der Waals surface area contributed by atoms with Crippen LogP contribution in [0, 0.1) is 5.92 Å². The normalized spacial score (nSPS) is 12.0. The molecule has 2 aromatic carbocycles. The highest BCUT2D eigenvalue weighted by molar-refractivity contribution is 5.88. The molecule has 7 nitrogen and oxygen atoms in total. The molecule has 0 fully saturated rings. The van der Waals surface area contributed by atoms with Crippen molar-refractivity contribution in [3.8, 4) is 5.82 Å². The predicted octanol–water partition coefficient (Wildman–Crippen LogP) is 3.42. The highest BCUT2D eigenvalue weighted by Gasteiger charge is 2.24. The SMILES string of the molecule is CC(C)C(NC(=O)Cc1ccccc1)C(=O)NCc1ccc(-n2cnc3ccccc32)nc1. The second-order valence-electron chi connectivity index (χ2n) is 8.30. The van der Waals surface area contributed by atoms with Gasteiger partial charge in [0.05, 0.1) is 17.5 Å². The second-order valence-corrected chi connectivity index (χ2v) is 8.30. The fraction of sp³-hybridized carbons (Fsp3) is 0.231. The van der Waals surface area contributed by atoms with Crippen molar-refractivity contribution in [2.24, 2.45) is 5.92 Å². The number of para-hydroxylation sites is 2. The summed E-state index contributed by atoms with van der Waals surface area (Å²) in [6, 6.07) is 20.6. The molecule has 0 aliphatic heterocycles. The van der Waals surface area contributed by atoms with Crippen LogP contribution in [0.1, 0.15) is 25.0 Å². The van der Waals surface area contributed by atoms with Gasteiger partial charge in [-0.05, 0) is 35.2 Å². The highest BCUT2D eigenvalue weighted by Crippen LogP contribution is 2.16. The van der Waals surface area contributed by atoms with E-state index in [4.69, 9.17) is 0 Å². The molecule has 4 rings (SSSR count). The first-order valence-electron chi connectivity index (χ1n) is 11.0. The predicted molar refractivity (Wildman–Crippen MR) is 128 cm³/mol. The van der Waals surface area contributed by atoms with Gasteiger partial charge in [-0.2, -0.15) is 0 Å². The van der Waals surface area contributed by atoms with Crippen molar-refractivity contribution < 1.29 is 9.59 Å². The van der Waals surface area contributed by atoms with Crippen LogP contribution in [0.3, 0.4) is 0 Å². The van der Waals surface area contributed by atoms with E-state index in [2.05, 4.69) is 20.6 Å². The molecule has 2 heterocycles. The third-order valence-electron chi connectivity index (χ3n) is 5.45. The van der Waals surface area contributed by atoms with Crippen LogP contribution in [0.4, 0.5) is 0 Å². The number of benzene rings is 2. The Balaban J connectivity index is 1.36. The lowest BCUT2D eigenvalue weighted by Crippen LogP contribution is -2.49. The Kier molecular flexibility index (Phi) is 6.78.